The second kappa shape index (κ2) is 8.20. The first-order chi connectivity index (χ1) is 15.4. The highest BCUT2D eigenvalue weighted by molar-refractivity contribution is 5.78. The first kappa shape index (κ1) is 20.9. The number of piperidine rings is 1. The van der Waals surface area contributed by atoms with Crippen LogP contribution in [-0.4, -0.2) is 40.7 Å². The van der Waals surface area contributed by atoms with E-state index in [4.69, 9.17) is 9.25 Å². The fourth-order valence-electron chi connectivity index (χ4n) is 4.71. The first-order valence-corrected chi connectivity index (χ1v) is 10.9. The molecule has 1 aromatic heterocycles. The Labute approximate surface area is 184 Å². The van der Waals surface area contributed by atoms with E-state index in [9.17, 15) is 14.3 Å². The van der Waals surface area contributed by atoms with Crippen molar-refractivity contribution in [2.45, 2.75) is 31.5 Å². The zero-order chi connectivity index (χ0) is 22.3. The predicted molar refractivity (Wildman–Crippen MR) is 118 cm³/mol. The second-order valence-corrected chi connectivity index (χ2v) is 8.79. The number of nitrogens with zero attached hydrogens (tertiary/aromatic N) is 1. The molecule has 8 heteroatoms. The van der Waals surface area contributed by atoms with E-state index in [0.717, 1.165) is 49.3 Å². The number of aromatic amines is 1. The molecule has 168 valence electrons. The summed E-state index contributed by atoms with van der Waals surface area (Å²) >= 11 is 0. The molecular formula is C24H26FN3O4. The zero-order valence-electron chi connectivity index (χ0n) is 17.8. The Hall–Kier alpha value is -2.94. The SMILES string of the molecule is CC(O)(c1ccc(F)cc1)C1CCN(CC2C=C(c3ccc4[nH]c(=O)oc4c3)NO2)CC1. The molecule has 7 nitrogen and oxygen atoms in total. The van der Waals surface area contributed by atoms with Crippen molar-refractivity contribution in [3.63, 3.8) is 0 Å². The van der Waals surface area contributed by atoms with Crippen LogP contribution in [0.25, 0.3) is 16.8 Å². The predicted octanol–water partition coefficient (Wildman–Crippen LogP) is 3.12. The highest BCUT2D eigenvalue weighted by Gasteiger charge is 2.36. The largest absolute Gasteiger partial charge is 0.417 e. The maximum atomic E-state index is 13.2. The summed E-state index contributed by atoms with van der Waals surface area (Å²) in [4.78, 5) is 22.1. The molecule has 2 atom stereocenters. The molecule has 0 amide bonds. The van der Waals surface area contributed by atoms with Crippen LogP contribution in [0.15, 0.2) is 57.8 Å². The molecule has 2 aliphatic rings. The van der Waals surface area contributed by atoms with Crippen LogP contribution in [0.2, 0.25) is 0 Å². The van der Waals surface area contributed by atoms with Gasteiger partial charge >= 0.3 is 5.76 Å². The lowest BCUT2D eigenvalue weighted by atomic mass is 9.77. The van der Waals surface area contributed by atoms with Gasteiger partial charge in [-0.15, -0.1) is 0 Å². The lowest BCUT2D eigenvalue weighted by Crippen LogP contribution is -2.44. The van der Waals surface area contributed by atoms with Gasteiger partial charge in [-0.3, -0.25) is 15.3 Å². The highest BCUT2D eigenvalue weighted by atomic mass is 19.1. The summed E-state index contributed by atoms with van der Waals surface area (Å²) in [6, 6.07) is 11.7. The number of benzene rings is 2. The van der Waals surface area contributed by atoms with E-state index in [1.54, 1.807) is 18.2 Å². The summed E-state index contributed by atoms with van der Waals surface area (Å²) in [5.74, 6) is -0.656. The quantitative estimate of drug-likeness (QED) is 0.566. The molecule has 2 aromatic carbocycles. The van der Waals surface area contributed by atoms with Gasteiger partial charge in [0.2, 0.25) is 0 Å². The maximum Gasteiger partial charge on any atom is 0.417 e. The Bertz CT molecular complexity index is 1190. The Balaban J connectivity index is 1.19. The average molecular weight is 439 g/mol. The summed E-state index contributed by atoms with van der Waals surface area (Å²) in [5, 5.41) is 11.1. The molecule has 0 bridgehead atoms. The van der Waals surface area contributed by atoms with E-state index in [1.165, 1.54) is 12.1 Å². The molecule has 0 spiro atoms. The molecule has 0 radical (unpaired) electrons. The van der Waals surface area contributed by atoms with Gasteiger partial charge in [0.15, 0.2) is 5.58 Å². The number of likely N-dealkylation sites (tertiary alicyclic amines) is 1. The third-order valence-electron chi connectivity index (χ3n) is 6.65. The maximum absolute atomic E-state index is 13.2. The standard InChI is InChI=1S/C24H26FN3O4/c1-24(30,16-3-5-18(25)6-4-16)17-8-10-28(11-9-17)14-19-13-21(27-32-19)15-2-7-20-22(12-15)31-23(29)26-20/h2-7,12-13,17,19,27,30H,8-11,14H2,1H3,(H,26,29). The number of H-pyrrole nitrogens is 1. The van der Waals surface area contributed by atoms with E-state index < -0.39 is 11.4 Å². The highest BCUT2D eigenvalue weighted by Crippen LogP contribution is 2.36. The Morgan fingerprint density at radius 3 is 2.69 bits per heavy atom. The third kappa shape index (κ3) is 4.09. The molecule has 5 rings (SSSR count). The molecule has 3 heterocycles. The van der Waals surface area contributed by atoms with E-state index in [-0.39, 0.29) is 17.8 Å². The van der Waals surface area contributed by atoms with Gasteiger partial charge in [-0.2, -0.15) is 0 Å². The number of aromatic nitrogens is 1. The minimum absolute atomic E-state index is 0.104. The number of nitrogens with one attached hydrogen (secondary N) is 2. The number of oxazole rings is 1. The van der Waals surface area contributed by atoms with Crippen molar-refractivity contribution in [3.05, 3.63) is 76.0 Å². The number of rotatable bonds is 5. The molecule has 3 N–H and O–H groups in total. The van der Waals surface area contributed by atoms with Crippen LogP contribution < -0.4 is 11.2 Å². The van der Waals surface area contributed by atoms with Crippen molar-refractivity contribution >= 4 is 16.8 Å². The van der Waals surface area contributed by atoms with Gasteiger partial charge < -0.3 is 14.4 Å². The van der Waals surface area contributed by atoms with Gasteiger partial charge in [0.1, 0.15) is 11.9 Å². The summed E-state index contributed by atoms with van der Waals surface area (Å²) in [6.07, 6.45) is 3.63. The van der Waals surface area contributed by atoms with Crippen LogP contribution in [0.1, 0.15) is 30.9 Å². The number of hydrogen-bond donors (Lipinski definition) is 3. The summed E-state index contributed by atoms with van der Waals surface area (Å²) in [6.45, 7) is 4.27. The van der Waals surface area contributed by atoms with Crippen molar-refractivity contribution in [2.24, 2.45) is 5.92 Å². The zero-order valence-corrected chi connectivity index (χ0v) is 17.8. The number of halogens is 1. The monoisotopic (exact) mass is 439 g/mol. The molecule has 32 heavy (non-hydrogen) atoms. The van der Waals surface area contributed by atoms with Gasteiger partial charge in [-0.1, -0.05) is 18.2 Å². The topological polar surface area (TPSA) is 90.7 Å². The van der Waals surface area contributed by atoms with Gasteiger partial charge in [0.25, 0.3) is 0 Å². The lowest BCUT2D eigenvalue weighted by Gasteiger charge is -2.40. The molecule has 2 unspecified atom stereocenters. The fraction of sp³-hybridized carbons (Fsp3) is 0.375. The van der Waals surface area contributed by atoms with Crippen molar-refractivity contribution in [2.75, 3.05) is 19.6 Å². The molecular weight excluding hydrogens is 413 g/mol. The third-order valence-corrected chi connectivity index (χ3v) is 6.65. The normalized spacial score (nSPS) is 22.0. The van der Waals surface area contributed by atoms with E-state index in [2.05, 4.69) is 15.4 Å². The summed E-state index contributed by atoms with van der Waals surface area (Å²) in [5.41, 5.74) is 5.65. The average Bonchev–Trinajstić information content (AvgIpc) is 3.39. The lowest BCUT2D eigenvalue weighted by molar-refractivity contribution is -0.0406. The van der Waals surface area contributed by atoms with E-state index in [1.807, 2.05) is 25.1 Å². The molecule has 0 aliphatic carbocycles. The number of hydrogen-bond acceptors (Lipinski definition) is 6. The number of fused-ring (bicyclic) bond motifs is 1. The van der Waals surface area contributed by atoms with E-state index in [0.29, 0.717) is 11.1 Å². The van der Waals surface area contributed by atoms with E-state index >= 15 is 0 Å². The van der Waals surface area contributed by atoms with Gasteiger partial charge in [0.05, 0.1) is 16.8 Å². The molecule has 0 saturated carbocycles. The minimum atomic E-state index is -0.982. The number of hydroxylamine groups is 1. The molecule has 2 aliphatic heterocycles. The smallest absolute Gasteiger partial charge is 0.408 e. The fourth-order valence-corrected chi connectivity index (χ4v) is 4.71. The molecule has 3 aromatic rings. The number of aliphatic hydroxyl groups is 1. The van der Waals surface area contributed by atoms with Crippen molar-refractivity contribution in [3.8, 4) is 0 Å². The minimum Gasteiger partial charge on any atom is -0.408 e. The van der Waals surface area contributed by atoms with Crippen LogP contribution >= 0.6 is 0 Å². The van der Waals surface area contributed by atoms with Crippen LogP contribution in [0, 0.1) is 11.7 Å². The van der Waals surface area contributed by atoms with Gasteiger partial charge in [-0.25, -0.2) is 9.18 Å². The van der Waals surface area contributed by atoms with Gasteiger partial charge in [0, 0.05) is 12.1 Å². The van der Waals surface area contributed by atoms with Crippen LogP contribution in [-0.2, 0) is 10.4 Å². The Morgan fingerprint density at radius 2 is 1.94 bits per heavy atom. The second-order valence-electron chi connectivity index (χ2n) is 8.79. The first-order valence-electron chi connectivity index (χ1n) is 10.9. The van der Waals surface area contributed by atoms with Crippen LogP contribution in [0.3, 0.4) is 0 Å². The van der Waals surface area contributed by atoms with Crippen molar-refractivity contribution in [1.29, 1.82) is 0 Å². The molecule has 1 fully saturated rings. The van der Waals surface area contributed by atoms with Crippen LogP contribution in [0.5, 0.6) is 0 Å². The summed E-state index contributed by atoms with van der Waals surface area (Å²) < 4.78 is 18.4. The summed E-state index contributed by atoms with van der Waals surface area (Å²) in [7, 11) is 0. The Kier molecular flexibility index (Phi) is 5.36. The van der Waals surface area contributed by atoms with Crippen molar-refractivity contribution in [1.82, 2.24) is 15.4 Å². The van der Waals surface area contributed by atoms with Crippen molar-refractivity contribution < 1.29 is 18.8 Å². The Morgan fingerprint density at radius 1 is 1.19 bits per heavy atom. The van der Waals surface area contributed by atoms with Gasteiger partial charge in [-0.05, 0) is 74.7 Å². The van der Waals surface area contributed by atoms with Crippen LogP contribution in [0.4, 0.5) is 4.39 Å². The molecule has 1 saturated heterocycles.